The van der Waals surface area contributed by atoms with Crippen LogP contribution in [0.5, 0.6) is 0 Å². The largest absolute Gasteiger partial charge is 0.382 e. The number of sulfone groups is 1. The van der Waals surface area contributed by atoms with Crippen LogP contribution < -0.4 is 11.1 Å². The summed E-state index contributed by atoms with van der Waals surface area (Å²) < 4.78 is 48.9. The topological polar surface area (TPSA) is 133 Å². The molecule has 2 aromatic carbocycles. The summed E-state index contributed by atoms with van der Waals surface area (Å²) >= 11 is 0. The van der Waals surface area contributed by atoms with Crippen LogP contribution in [-0.4, -0.2) is 54.7 Å². The van der Waals surface area contributed by atoms with Crippen LogP contribution in [0.15, 0.2) is 70.2 Å². The normalized spacial score (nSPS) is 16.4. The SMILES string of the molecule is CC(CCF)S(=O)(=O)c1ccc(-c2cnc(N)c(-c3cc(-c4ccc(CNC5CCOC5)cc4)no3)n2)cc1. The van der Waals surface area contributed by atoms with Crippen molar-refractivity contribution in [2.75, 3.05) is 25.6 Å². The van der Waals surface area contributed by atoms with Gasteiger partial charge in [-0.2, -0.15) is 0 Å². The molecule has 5 rings (SSSR count). The lowest BCUT2D eigenvalue weighted by molar-refractivity contribution is 0.190. The third-order valence-corrected chi connectivity index (χ3v) is 9.07. The minimum absolute atomic E-state index is 0.0480. The molecule has 0 spiro atoms. The number of nitrogens with two attached hydrogens (primary N) is 1. The highest BCUT2D eigenvalue weighted by Crippen LogP contribution is 2.30. The van der Waals surface area contributed by atoms with E-state index < -0.39 is 21.8 Å². The second kappa shape index (κ2) is 11.6. The van der Waals surface area contributed by atoms with Gasteiger partial charge in [-0.15, -0.1) is 0 Å². The average molecular weight is 552 g/mol. The van der Waals surface area contributed by atoms with Crippen molar-refractivity contribution < 1.29 is 22.1 Å². The van der Waals surface area contributed by atoms with Gasteiger partial charge in [0.1, 0.15) is 5.69 Å². The van der Waals surface area contributed by atoms with Gasteiger partial charge in [-0.05, 0) is 37.5 Å². The van der Waals surface area contributed by atoms with Crippen LogP contribution in [0, 0.1) is 0 Å². The van der Waals surface area contributed by atoms with E-state index in [1.165, 1.54) is 25.3 Å². The summed E-state index contributed by atoms with van der Waals surface area (Å²) in [5, 5.41) is 6.88. The number of hydrogen-bond donors (Lipinski definition) is 2. The summed E-state index contributed by atoms with van der Waals surface area (Å²) in [7, 11) is -3.62. The molecule has 11 heteroatoms. The number of nitrogen functional groups attached to an aromatic ring is 1. The molecule has 1 aliphatic rings. The van der Waals surface area contributed by atoms with Crippen LogP contribution in [0.1, 0.15) is 25.3 Å². The lowest BCUT2D eigenvalue weighted by Crippen LogP contribution is -2.28. The molecule has 204 valence electrons. The molecule has 3 heterocycles. The van der Waals surface area contributed by atoms with Crippen molar-refractivity contribution >= 4 is 15.7 Å². The summed E-state index contributed by atoms with van der Waals surface area (Å²) in [5.41, 5.74) is 10.3. The fraction of sp³-hybridized carbons (Fsp3) is 0.321. The van der Waals surface area contributed by atoms with Crippen LogP contribution in [0.2, 0.25) is 0 Å². The van der Waals surface area contributed by atoms with Crippen molar-refractivity contribution in [3.05, 3.63) is 66.4 Å². The predicted molar refractivity (Wildman–Crippen MR) is 146 cm³/mol. The summed E-state index contributed by atoms with van der Waals surface area (Å²) in [4.78, 5) is 9.00. The zero-order valence-electron chi connectivity index (χ0n) is 21.5. The van der Waals surface area contributed by atoms with Crippen molar-refractivity contribution in [2.45, 2.75) is 42.5 Å². The quantitative estimate of drug-likeness (QED) is 0.293. The summed E-state index contributed by atoms with van der Waals surface area (Å²) in [6, 6.07) is 16.5. The van der Waals surface area contributed by atoms with E-state index in [4.69, 9.17) is 15.0 Å². The molecule has 0 amide bonds. The van der Waals surface area contributed by atoms with Gasteiger partial charge in [-0.1, -0.05) is 41.6 Å². The number of rotatable bonds is 10. The van der Waals surface area contributed by atoms with Gasteiger partial charge in [-0.25, -0.2) is 18.4 Å². The van der Waals surface area contributed by atoms with Crippen molar-refractivity contribution in [3.8, 4) is 34.0 Å². The molecule has 1 saturated heterocycles. The third kappa shape index (κ3) is 6.00. The first-order valence-electron chi connectivity index (χ1n) is 12.8. The van der Waals surface area contributed by atoms with E-state index in [-0.39, 0.29) is 17.1 Å². The number of halogens is 1. The number of nitrogens with one attached hydrogen (secondary N) is 1. The monoisotopic (exact) mass is 551 g/mol. The minimum atomic E-state index is -3.62. The molecule has 3 N–H and O–H groups in total. The molecule has 1 aliphatic heterocycles. The Balaban J connectivity index is 1.32. The van der Waals surface area contributed by atoms with Crippen LogP contribution in [0.25, 0.3) is 34.0 Å². The molecule has 2 atom stereocenters. The van der Waals surface area contributed by atoms with Crippen molar-refractivity contribution in [1.82, 2.24) is 20.4 Å². The molecule has 0 radical (unpaired) electrons. The highest BCUT2D eigenvalue weighted by molar-refractivity contribution is 7.92. The fourth-order valence-corrected chi connectivity index (χ4v) is 5.73. The molecule has 0 saturated carbocycles. The van der Waals surface area contributed by atoms with Gasteiger partial charge in [0.05, 0.1) is 35.3 Å². The van der Waals surface area contributed by atoms with Gasteiger partial charge >= 0.3 is 0 Å². The molecular weight excluding hydrogens is 521 g/mol. The third-order valence-electron chi connectivity index (χ3n) is 6.84. The number of alkyl halides is 1. The van der Waals surface area contributed by atoms with Crippen molar-refractivity contribution in [1.29, 1.82) is 0 Å². The average Bonchev–Trinajstić information content (AvgIpc) is 3.66. The van der Waals surface area contributed by atoms with Gasteiger partial charge in [0.25, 0.3) is 0 Å². The van der Waals surface area contributed by atoms with Gasteiger partial charge in [0.2, 0.25) is 0 Å². The van der Waals surface area contributed by atoms with E-state index in [0.717, 1.165) is 37.3 Å². The Hall–Kier alpha value is -3.67. The van der Waals surface area contributed by atoms with E-state index in [0.29, 0.717) is 34.4 Å². The Labute approximate surface area is 226 Å². The summed E-state index contributed by atoms with van der Waals surface area (Å²) in [6.07, 6.45) is 2.49. The van der Waals surface area contributed by atoms with Crippen LogP contribution in [0.4, 0.5) is 10.2 Å². The van der Waals surface area contributed by atoms with E-state index in [1.54, 1.807) is 18.2 Å². The van der Waals surface area contributed by atoms with Crippen molar-refractivity contribution in [3.63, 3.8) is 0 Å². The number of ether oxygens (including phenoxy) is 1. The Kier molecular flexibility index (Phi) is 8.01. The maximum Gasteiger partial charge on any atom is 0.189 e. The second-order valence-corrected chi connectivity index (χ2v) is 11.9. The molecule has 2 unspecified atom stereocenters. The molecule has 1 fully saturated rings. The number of aromatic nitrogens is 3. The molecule has 0 aliphatic carbocycles. The lowest BCUT2D eigenvalue weighted by Gasteiger charge is -2.12. The molecular formula is C28H30FN5O4S. The highest BCUT2D eigenvalue weighted by atomic mass is 32.2. The first-order chi connectivity index (χ1) is 18.8. The number of anilines is 1. The first kappa shape index (κ1) is 26.9. The van der Waals surface area contributed by atoms with Crippen LogP contribution in [0.3, 0.4) is 0 Å². The van der Waals surface area contributed by atoms with E-state index in [1.807, 2.05) is 24.3 Å². The minimum Gasteiger partial charge on any atom is -0.382 e. The van der Waals surface area contributed by atoms with Crippen molar-refractivity contribution in [2.24, 2.45) is 0 Å². The molecule has 4 aromatic rings. The Morgan fingerprint density at radius 3 is 2.51 bits per heavy atom. The van der Waals surface area contributed by atoms with Crippen LogP contribution >= 0.6 is 0 Å². The fourth-order valence-electron chi connectivity index (χ4n) is 4.35. The molecule has 9 nitrogen and oxygen atoms in total. The van der Waals surface area contributed by atoms with Crippen LogP contribution in [-0.2, 0) is 21.1 Å². The van der Waals surface area contributed by atoms with Gasteiger partial charge < -0.3 is 20.3 Å². The van der Waals surface area contributed by atoms with Gasteiger partial charge in [0, 0.05) is 36.4 Å². The lowest BCUT2D eigenvalue weighted by atomic mass is 10.1. The second-order valence-electron chi connectivity index (χ2n) is 9.56. The smallest absolute Gasteiger partial charge is 0.189 e. The predicted octanol–water partition coefficient (Wildman–Crippen LogP) is 4.45. The maximum atomic E-state index is 12.7. The zero-order chi connectivity index (χ0) is 27.4. The number of nitrogens with zero attached hydrogens (tertiary/aromatic N) is 3. The molecule has 0 bridgehead atoms. The number of benzene rings is 2. The van der Waals surface area contributed by atoms with E-state index in [2.05, 4.69) is 20.4 Å². The Morgan fingerprint density at radius 1 is 1.10 bits per heavy atom. The Morgan fingerprint density at radius 2 is 1.82 bits per heavy atom. The number of hydrogen-bond acceptors (Lipinski definition) is 9. The van der Waals surface area contributed by atoms with Gasteiger partial charge in [-0.3, -0.25) is 4.39 Å². The Bertz CT molecular complexity index is 1520. The maximum absolute atomic E-state index is 12.7. The summed E-state index contributed by atoms with van der Waals surface area (Å²) in [6.45, 7) is 3.14. The molecule has 2 aromatic heterocycles. The first-order valence-corrected chi connectivity index (χ1v) is 14.3. The highest BCUT2D eigenvalue weighted by Gasteiger charge is 2.23. The van der Waals surface area contributed by atoms with E-state index >= 15 is 0 Å². The zero-order valence-corrected chi connectivity index (χ0v) is 22.3. The summed E-state index contributed by atoms with van der Waals surface area (Å²) in [5.74, 6) is 0.543. The van der Waals surface area contributed by atoms with Gasteiger partial charge in [0.15, 0.2) is 27.1 Å². The van der Waals surface area contributed by atoms with E-state index in [9.17, 15) is 12.8 Å². The standard InChI is InChI=1S/C28H30FN5O4S/c1-18(10-12-29)39(35,36)23-8-6-21(7-9-23)25-16-32-28(30)27(33-25)26-14-24(34-38-26)20-4-2-19(3-5-20)15-31-22-11-13-37-17-22/h2-9,14,16,18,22,31H,10-13,15,17H2,1H3,(H2,30,32). The molecule has 39 heavy (non-hydrogen) atoms.